The van der Waals surface area contributed by atoms with Crippen LogP contribution in [-0.4, -0.2) is 24.4 Å². The van der Waals surface area contributed by atoms with Gasteiger partial charge in [-0.05, 0) is 31.0 Å². The van der Waals surface area contributed by atoms with E-state index < -0.39 is 0 Å². The SMILES string of the molecule is CCOc1ccc(C2CC(O)CN2)cc1. The first-order valence-electron chi connectivity index (χ1n) is 5.44. The lowest BCUT2D eigenvalue weighted by Crippen LogP contribution is -2.14. The molecule has 0 amide bonds. The number of aliphatic hydroxyl groups is 1. The van der Waals surface area contributed by atoms with E-state index >= 15 is 0 Å². The first-order valence-corrected chi connectivity index (χ1v) is 5.44. The third-order valence-corrected chi connectivity index (χ3v) is 2.70. The van der Waals surface area contributed by atoms with Gasteiger partial charge < -0.3 is 15.2 Å². The smallest absolute Gasteiger partial charge is 0.119 e. The minimum absolute atomic E-state index is 0.207. The van der Waals surface area contributed by atoms with Crippen LogP contribution in [0.1, 0.15) is 24.9 Å². The number of hydrogen-bond donors (Lipinski definition) is 2. The van der Waals surface area contributed by atoms with Gasteiger partial charge in [-0.1, -0.05) is 12.1 Å². The Morgan fingerprint density at radius 2 is 2.13 bits per heavy atom. The molecule has 2 rings (SSSR count). The van der Waals surface area contributed by atoms with E-state index in [0.717, 1.165) is 12.2 Å². The van der Waals surface area contributed by atoms with Crippen molar-refractivity contribution in [2.75, 3.05) is 13.2 Å². The van der Waals surface area contributed by atoms with E-state index in [-0.39, 0.29) is 12.1 Å². The van der Waals surface area contributed by atoms with Crippen LogP contribution < -0.4 is 10.1 Å². The molecule has 1 saturated heterocycles. The van der Waals surface area contributed by atoms with Gasteiger partial charge in [0.1, 0.15) is 5.75 Å². The predicted molar refractivity (Wildman–Crippen MR) is 59.0 cm³/mol. The third kappa shape index (κ3) is 2.49. The number of ether oxygens (including phenoxy) is 1. The largest absolute Gasteiger partial charge is 0.494 e. The minimum Gasteiger partial charge on any atom is -0.494 e. The average molecular weight is 207 g/mol. The Morgan fingerprint density at radius 1 is 1.40 bits per heavy atom. The zero-order valence-corrected chi connectivity index (χ0v) is 8.94. The maximum atomic E-state index is 9.41. The molecule has 1 heterocycles. The van der Waals surface area contributed by atoms with Crippen LogP contribution >= 0.6 is 0 Å². The van der Waals surface area contributed by atoms with Gasteiger partial charge in [-0.25, -0.2) is 0 Å². The molecule has 2 unspecified atom stereocenters. The summed E-state index contributed by atoms with van der Waals surface area (Å²) in [5.74, 6) is 0.903. The second-order valence-corrected chi connectivity index (χ2v) is 3.85. The molecular weight excluding hydrogens is 190 g/mol. The van der Waals surface area contributed by atoms with Gasteiger partial charge in [0.05, 0.1) is 12.7 Å². The third-order valence-electron chi connectivity index (χ3n) is 2.70. The molecule has 1 aromatic carbocycles. The molecule has 0 radical (unpaired) electrons. The maximum absolute atomic E-state index is 9.41. The molecule has 0 bridgehead atoms. The molecule has 15 heavy (non-hydrogen) atoms. The van der Waals surface area contributed by atoms with Crippen molar-refractivity contribution in [2.24, 2.45) is 0 Å². The molecule has 2 atom stereocenters. The van der Waals surface area contributed by atoms with Gasteiger partial charge in [0, 0.05) is 12.6 Å². The number of nitrogens with one attached hydrogen (secondary N) is 1. The molecular formula is C12H17NO2. The summed E-state index contributed by atoms with van der Waals surface area (Å²) >= 11 is 0. The van der Waals surface area contributed by atoms with Gasteiger partial charge in [-0.15, -0.1) is 0 Å². The average Bonchev–Trinajstić information content (AvgIpc) is 2.67. The lowest BCUT2D eigenvalue weighted by Gasteiger charge is -2.11. The molecule has 1 fully saturated rings. The number of aliphatic hydroxyl groups excluding tert-OH is 1. The molecule has 1 aliphatic rings. The molecule has 1 aliphatic heterocycles. The number of β-amino-alcohol motifs (C(OH)–C–C–N with tert-alkyl or cyclic N) is 1. The van der Waals surface area contributed by atoms with Gasteiger partial charge in [0.2, 0.25) is 0 Å². The first kappa shape index (κ1) is 10.5. The summed E-state index contributed by atoms with van der Waals surface area (Å²) in [7, 11) is 0. The van der Waals surface area contributed by atoms with E-state index in [0.29, 0.717) is 13.2 Å². The summed E-state index contributed by atoms with van der Waals surface area (Å²) in [6, 6.07) is 8.35. The molecule has 3 nitrogen and oxygen atoms in total. The summed E-state index contributed by atoms with van der Waals surface area (Å²) < 4.78 is 5.37. The van der Waals surface area contributed by atoms with Crippen molar-refractivity contribution < 1.29 is 9.84 Å². The van der Waals surface area contributed by atoms with Crippen LogP contribution in [0.2, 0.25) is 0 Å². The molecule has 2 N–H and O–H groups in total. The van der Waals surface area contributed by atoms with Crippen LogP contribution in [0.4, 0.5) is 0 Å². The van der Waals surface area contributed by atoms with E-state index in [4.69, 9.17) is 4.74 Å². The Hall–Kier alpha value is -1.06. The Balaban J connectivity index is 2.03. The lowest BCUT2D eigenvalue weighted by molar-refractivity contribution is 0.193. The molecule has 82 valence electrons. The van der Waals surface area contributed by atoms with Crippen molar-refractivity contribution in [3.63, 3.8) is 0 Å². The maximum Gasteiger partial charge on any atom is 0.119 e. The monoisotopic (exact) mass is 207 g/mol. The second-order valence-electron chi connectivity index (χ2n) is 3.85. The molecule has 0 spiro atoms. The van der Waals surface area contributed by atoms with E-state index in [1.54, 1.807) is 0 Å². The molecule has 0 aromatic heterocycles. The van der Waals surface area contributed by atoms with Crippen molar-refractivity contribution in [1.82, 2.24) is 5.32 Å². The van der Waals surface area contributed by atoms with Gasteiger partial charge in [0.15, 0.2) is 0 Å². The van der Waals surface area contributed by atoms with Crippen molar-refractivity contribution in [1.29, 1.82) is 0 Å². The zero-order valence-electron chi connectivity index (χ0n) is 8.94. The zero-order chi connectivity index (χ0) is 10.7. The quantitative estimate of drug-likeness (QED) is 0.789. The topological polar surface area (TPSA) is 41.5 Å². The summed E-state index contributed by atoms with van der Waals surface area (Å²) in [5.41, 5.74) is 1.22. The molecule has 0 aliphatic carbocycles. The van der Waals surface area contributed by atoms with E-state index in [1.165, 1.54) is 5.56 Å². The van der Waals surface area contributed by atoms with E-state index in [9.17, 15) is 5.11 Å². The van der Waals surface area contributed by atoms with Gasteiger partial charge >= 0.3 is 0 Å². The normalized spacial score (nSPS) is 25.5. The highest BCUT2D eigenvalue weighted by Crippen LogP contribution is 2.24. The minimum atomic E-state index is -0.207. The highest BCUT2D eigenvalue weighted by molar-refractivity contribution is 5.29. The Labute approximate surface area is 90.1 Å². The first-order chi connectivity index (χ1) is 7.29. The number of hydrogen-bond acceptors (Lipinski definition) is 3. The standard InChI is InChI=1S/C12H17NO2/c1-2-15-11-5-3-9(4-6-11)12-7-10(14)8-13-12/h3-6,10,12-14H,2,7-8H2,1H3. The van der Waals surface area contributed by atoms with Crippen molar-refractivity contribution in [3.05, 3.63) is 29.8 Å². The van der Waals surface area contributed by atoms with Crippen molar-refractivity contribution in [2.45, 2.75) is 25.5 Å². The second kappa shape index (κ2) is 4.64. The predicted octanol–water partition coefficient (Wildman–Crippen LogP) is 1.48. The van der Waals surface area contributed by atoms with Gasteiger partial charge in [-0.2, -0.15) is 0 Å². The van der Waals surface area contributed by atoms with Crippen LogP contribution in [0, 0.1) is 0 Å². The summed E-state index contributed by atoms with van der Waals surface area (Å²) in [5, 5.41) is 12.7. The van der Waals surface area contributed by atoms with Gasteiger partial charge in [0.25, 0.3) is 0 Å². The van der Waals surface area contributed by atoms with E-state index in [1.807, 2.05) is 19.1 Å². The van der Waals surface area contributed by atoms with Crippen LogP contribution in [0.3, 0.4) is 0 Å². The van der Waals surface area contributed by atoms with Crippen molar-refractivity contribution >= 4 is 0 Å². The fourth-order valence-electron chi connectivity index (χ4n) is 1.93. The summed E-state index contributed by atoms with van der Waals surface area (Å²) in [4.78, 5) is 0. The fourth-order valence-corrected chi connectivity index (χ4v) is 1.93. The van der Waals surface area contributed by atoms with Gasteiger partial charge in [-0.3, -0.25) is 0 Å². The number of rotatable bonds is 3. The summed E-state index contributed by atoms with van der Waals surface area (Å²) in [6.07, 6.45) is 0.593. The van der Waals surface area contributed by atoms with Crippen LogP contribution in [0.5, 0.6) is 5.75 Å². The Bertz CT molecular complexity index is 310. The highest BCUT2D eigenvalue weighted by Gasteiger charge is 2.22. The van der Waals surface area contributed by atoms with E-state index in [2.05, 4.69) is 17.4 Å². The highest BCUT2D eigenvalue weighted by atomic mass is 16.5. The van der Waals surface area contributed by atoms with Crippen molar-refractivity contribution in [3.8, 4) is 5.75 Å². The number of benzene rings is 1. The van der Waals surface area contributed by atoms with Crippen LogP contribution in [0.25, 0.3) is 0 Å². The fraction of sp³-hybridized carbons (Fsp3) is 0.500. The molecule has 0 saturated carbocycles. The van der Waals surface area contributed by atoms with Crippen LogP contribution in [0.15, 0.2) is 24.3 Å². The lowest BCUT2D eigenvalue weighted by atomic mass is 10.0. The van der Waals surface area contributed by atoms with Crippen LogP contribution in [-0.2, 0) is 0 Å². The molecule has 1 aromatic rings. The Morgan fingerprint density at radius 3 is 2.67 bits per heavy atom. The Kier molecular flexibility index (Phi) is 3.23. The summed E-state index contributed by atoms with van der Waals surface area (Å²) in [6.45, 7) is 3.36. The molecule has 3 heteroatoms.